The van der Waals surface area contributed by atoms with Gasteiger partial charge < -0.3 is 15.4 Å². The van der Waals surface area contributed by atoms with Gasteiger partial charge in [0.1, 0.15) is 5.75 Å². The molecule has 6 heteroatoms. The fourth-order valence-electron chi connectivity index (χ4n) is 2.78. The highest BCUT2D eigenvalue weighted by molar-refractivity contribution is 7.09. The van der Waals surface area contributed by atoms with Gasteiger partial charge >= 0.3 is 0 Å². The first kappa shape index (κ1) is 16.9. The van der Waals surface area contributed by atoms with Gasteiger partial charge in [0.2, 0.25) is 0 Å². The monoisotopic (exact) mass is 345 g/mol. The fourth-order valence-corrected chi connectivity index (χ4v) is 3.57. The van der Waals surface area contributed by atoms with Gasteiger partial charge in [-0.3, -0.25) is 4.79 Å². The zero-order chi connectivity index (χ0) is 17.1. The van der Waals surface area contributed by atoms with E-state index in [0.717, 1.165) is 35.7 Å². The number of nitrogens with one attached hydrogen (secondary N) is 2. The SMILES string of the molecule is CC[C@@H]1Oc2cc([C@@H](C)NCCc3scnc3C)ccc2NC1=O. The number of carbonyl (C=O) groups excluding carboxylic acids is 1. The van der Waals surface area contributed by atoms with Crippen LogP contribution < -0.4 is 15.4 Å². The number of ether oxygens (including phenoxy) is 1. The van der Waals surface area contributed by atoms with E-state index in [4.69, 9.17) is 4.74 Å². The summed E-state index contributed by atoms with van der Waals surface area (Å²) < 4.78 is 5.82. The zero-order valence-electron chi connectivity index (χ0n) is 14.3. The predicted molar refractivity (Wildman–Crippen MR) is 96.8 cm³/mol. The van der Waals surface area contributed by atoms with Gasteiger partial charge in [-0.2, -0.15) is 0 Å². The van der Waals surface area contributed by atoms with Crippen LogP contribution in [-0.4, -0.2) is 23.5 Å². The Morgan fingerprint density at radius 3 is 3.00 bits per heavy atom. The zero-order valence-corrected chi connectivity index (χ0v) is 15.1. The van der Waals surface area contributed by atoms with Gasteiger partial charge in [0.25, 0.3) is 5.91 Å². The first-order valence-corrected chi connectivity index (χ1v) is 9.20. The Kier molecular flexibility index (Phi) is 5.16. The van der Waals surface area contributed by atoms with Crippen LogP contribution in [0.3, 0.4) is 0 Å². The highest BCUT2D eigenvalue weighted by Crippen LogP contribution is 2.33. The Balaban J connectivity index is 1.62. The third-order valence-electron chi connectivity index (χ3n) is 4.34. The van der Waals surface area contributed by atoms with E-state index >= 15 is 0 Å². The number of thiazole rings is 1. The van der Waals surface area contributed by atoms with Crippen LogP contribution in [0.4, 0.5) is 5.69 Å². The minimum Gasteiger partial charge on any atom is -0.478 e. The molecule has 24 heavy (non-hydrogen) atoms. The maximum Gasteiger partial charge on any atom is 0.265 e. The number of amides is 1. The average molecular weight is 345 g/mol. The molecular formula is C18H23N3O2S. The van der Waals surface area contributed by atoms with Crippen molar-refractivity contribution in [3.63, 3.8) is 0 Å². The van der Waals surface area contributed by atoms with Crippen molar-refractivity contribution in [1.82, 2.24) is 10.3 Å². The van der Waals surface area contributed by atoms with Crippen LogP contribution in [-0.2, 0) is 11.2 Å². The van der Waals surface area contributed by atoms with Gasteiger partial charge in [-0.15, -0.1) is 11.3 Å². The standard InChI is InChI=1S/C18H23N3O2S/c1-4-15-18(22)21-14-6-5-13(9-16(14)23-15)11(2)19-8-7-17-12(3)20-10-24-17/h5-6,9-11,15,19H,4,7-8H2,1-3H3,(H,21,22)/t11-,15+/m1/s1. The summed E-state index contributed by atoms with van der Waals surface area (Å²) in [6, 6.07) is 6.18. The van der Waals surface area contributed by atoms with Crippen molar-refractivity contribution >= 4 is 22.9 Å². The van der Waals surface area contributed by atoms with Gasteiger partial charge in [0.15, 0.2) is 6.10 Å². The third-order valence-corrected chi connectivity index (χ3v) is 5.34. The van der Waals surface area contributed by atoms with Gasteiger partial charge in [-0.25, -0.2) is 4.98 Å². The summed E-state index contributed by atoms with van der Waals surface area (Å²) >= 11 is 1.71. The highest BCUT2D eigenvalue weighted by atomic mass is 32.1. The van der Waals surface area contributed by atoms with E-state index in [-0.39, 0.29) is 11.9 Å². The number of benzene rings is 1. The lowest BCUT2D eigenvalue weighted by Crippen LogP contribution is -2.36. The largest absolute Gasteiger partial charge is 0.478 e. The van der Waals surface area contributed by atoms with Crippen molar-refractivity contribution in [1.29, 1.82) is 0 Å². The van der Waals surface area contributed by atoms with Crippen LogP contribution in [0.25, 0.3) is 0 Å². The smallest absolute Gasteiger partial charge is 0.265 e. The number of carbonyl (C=O) groups is 1. The Morgan fingerprint density at radius 2 is 2.29 bits per heavy atom. The van der Waals surface area contributed by atoms with Crippen molar-refractivity contribution in [3.05, 3.63) is 39.8 Å². The quantitative estimate of drug-likeness (QED) is 0.842. The molecule has 0 unspecified atom stereocenters. The fraction of sp³-hybridized carbons (Fsp3) is 0.444. The Bertz CT molecular complexity index is 729. The van der Waals surface area contributed by atoms with Crippen molar-refractivity contribution < 1.29 is 9.53 Å². The van der Waals surface area contributed by atoms with E-state index in [1.807, 2.05) is 30.6 Å². The number of hydrogen-bond donors (Lipinski definition) is 2. The average Bonchev–Trinajstić information content (AvgIpc) is 2.99. The van der Waals surface area contributed by atoms with Gasteiger partial charge in [0.05, 0.1) is 16.9 Å². The second-order valence-corrected chi connectivity index (χ2v) is 6.99. The first-order chi connectivity index (χ1) is 11.6. The third kappa shape index (κ3) is 3.60. The van der Waals surface area contributed by atoms with Crippen molar-refractivity contribution in [2.24, 2.45) is 0 Å². The van der Waals surface area contributed by atoms with Crippen LogP contribution in [0.2, 0.25) is 0 Å². The molecule has 0 saturated carbocycles. The molecule has 5 nitrogen and oxygen atoms in total. The lowest BCUT2D eigenvalue weighted by Gasteiger charge is -2.26. The van der Waals surface area contributed by atoms with E-state index in [1.54, 1.807) is 11.3 Å². The van der Waals surface area contributed by atoms with Crippen LogP contribution in [0.1, 0.15) is 42.4 Å². The lowest BCUT2D eigenvalue weighted by molar-refractivity contribution is -0.123. The van der Waals surface area contributed by atoms with E-state index in [9.17, 15) is 4.79 Å². The predicted octanol–water partition coefficient (Wildman–Crippen LogP) is 3.45. The molecule has 0 saturated heterocycles. The molecular weight excluding hydrogens is 322 g/mol. The molecule has 128 valence electrons. The van der Waals surface area contributed by atoms with Crippen molar-refractivity contribution in [2.45, 2.75) is 45.8 Å². The number of hydrogen-bond acceptors (Lipinski definition) is 5. The first-order valence-electron chi connectivity index (χ1n) is 8.32. The van der Waals surface area contributed by atoms with E-state index in [2.05, 4.69) is 29.5 Å². The molecule has 1 aliphatic rings. The normalized spacial score (nSPS) is 17.8. The molecule has 2 N–H and O–H groups in total. The number of anilines is 1. The second-order valence-electron chi connectivity index (χ2n) is 6.05. The summed E-state index contributed by atoms with van der Waals surface area (Å²) in [5.74, 6) is 0.690. The summed E-state index contributed by atoms with van der Waals surface area (Å²) in [5, 5.41) is 6.45. The Hall–Kier alpha value is -1.92. The number of nitrogens with zero attached hydrogens (tertiary/aromatic N) is 1. The molecule has 2 aromatic rings. The summed E-state index contributed by atoms with van der Waals surface area (Å²) in [4.78, 5) is 17.4. The number of fused-ring (bicyclic) bond motifs is 1. The van der Waals surface area contributed by atoms with Crippen LogP contribution >= 0.6 is 11.3 Å². The number of aromatic nitrogens is 1. The van der Waals surface area contributed by atoms with Crippen molar-refractivity contribution in [2.75, 3.05) is 11.9 Å². The molecule has 0 radical (unpaired) electrons. The van der Waals surface area contributed by atoms with Crippen LogP contribution in [0.15, 0.2) is 23.7 Å². The topological polar surface area (TPSA) is 63.2 Å². The molecule has 0 aliphatic carbocycles. The van der Waals surface area contributed by atoms with Crippen LogP contribution in [0.5, 0.6) is 5.75 Å². The lowest BCUT2D eigenvalue weighted by atomic mass is 10.1. The molecule has 0 bridgehead atoms. The van der Waals surface area contributed by atoms with Gasteiger partial charge in [-0.05, 0) is 44.4 Å². The molecule has 2 atom stereocenters. The minimum absolute atomic E-state index is 0.0659. The van der Waals surface area contributed by atoms with Crippen LogP contribution in [0, 0.1) is 6.92 Å². The maximum atomic E-state index is 11.8. The number of aryl methyl sites for hydroxylation is 1. The summed E-state index contributed by atoms with van der Waals surface area (Å²) in [7, 11) is 0. The van der Waals surface area contributed by atoms with E-state index in [1.165, 1.54) is 4.88 Å². The molecule has 0 spiro atoms. The summed E-state index contributed by atoms with van der Waals surface area (Å²) in [5.41, 5.74) is 4.92. The molecule has 1 aromatic heterocycles. The maximum absolute atomic E-state index is 11.8. The molecule has 1 amide bonds. The summed E-state index contributed by atoms with van der Waals surface area (Å²) in [6.45, 7) is 7.04. The molecule has 0 fully saturated rings. The Morgan fingerprint density at radius 1 is 1.46 bits per heavy atom. The molecule has 1 aromatic carbocycles. The van der Waals surface area contributed by atoms with Gasteiger partial charge in [0, 0.05) is 17.5 Å². The number of rotatable bonds is 6. The molecule has 3 rings (SSSR count). The molecule has 2 heterocycles. The second kappa shape index (κ2) is 7.32. The Labute approximate surface area is 146 Å². The van der Waals surface area contributed by atoms with E-state index < -0.39 is 6.10 Å². The summed E-state index contributed by atoms with van der Waals surface area (Å²) in [6.07, 6.45) is 1.25. The highest BCUT2D eigenvalue weighted by Gasteiger charge is 2.26. The van der Waals surface area contributed by atoms with Gasteiger partial charge in [-0.1, -0.05) is 13.0 Å². The van der Waals surface area contributed by atoms with Crippen molar-refractivity contribution in [3.8, 4) is 5.75 Å². The minimum atomic E-state index is -0.398. The molecule has 1 aliphatic heterocycles. The van der Waals surface area contributed by atoms with E-state index in [0.29, 0.717) is 6.42 Å².